The second-order valence-corrected chi connectivity index (χ2v) is 8.31. The molecule has 0 aliphatic heterocycles. The van der Waals surface area contributed by atoms with E-state index < -0.39 is 18.0 Å². The molecule has 0 spiro atoms. The Hall–Kier alpha value is -3.32. The number of nitrogens with zero attached hydrogens (tertiary/aromatic N) is 1. The number of hydrogen-bond donors (Lipinski definition) is 1. The van der Waals surface area contributed by atoms with Gasteiger partial charge in [0, 0.05) is 23.0 Å². The van der Waals surface area contributed by atoms with Crippen molar-refractivity contribution in [2.45, 2.75) is 32.3 Å². The molecule has 0 saturated heterocycles. The average molecular weight is 468 g/mol. The number of aromatic nitrogens is 1. The van der Waals surface area contributed by atoms with E-state index in [0.717, 1.165) is 11.1 Å². The van der Waals surface area contributed by atoms with Crippen molar-refractivity contribution in [1.82, 2.24) is 4.98 Å². The van der Waals surface area contributed by atoms with E-state index in [0.29, 0.717) is 4.86 Å². The number of methoxy groups -OCH3 is 1. The molecule has 3 aromatic rings. The van der Waals surface area contributed by atoms with Crippen LogP contribution in [0.5, 0.6) is 11.5 Å². The van der Waals surface area contributed by atoms with Crippen LogP contribution >= 0.6 is 12.2 Å². The molecule has 3 rings (SSSR count). The van der Waals surface area contributed by atoms with Crippen molar-refractivity contribution in [3.8, 4) is 11.5 Å². The van der Waals surface area contributed by atoms with Crippen LogP contribution in [0.25, 0.3) is 0 Å². The van der Waals surface area contributed by atoms with Gasteiger partial charge in [0.25, 0.3) is 0 Å². The van der Waals surface area contributed by atoms with Gasteiger partial charge in [-0.2, -0.15) is 0 Å². The van der Waals surface area contributed by atoms with Crippen LogP contribution in [-0.4, -0.2) is 34.1 Å². The molecule has 172 valence electrons. The maximum atomic E-state index is 13.5. The van der Waals surface area contributed by atoms with Crippen LogP contribution in [0.1, 0.15) is 43.0 Å². The van der Waals surface area contributed by atoms with E-state index in [1.54, 1.807) is 19.1 Å². The molecule has 5 nitrogen and oxygen atoms in total. The van der Waals surface area contributed by atoms with Crippen LogP contribution in [0.15, 0.2) is 66.9 Å². The normalized spacial score (nSPS) is 13.6. The van der Waals surface area contributed by atoms with Gasteiger partial charge in [0.15, 0.2) is 11.5 Å². The molecule has 0 unspecified atom stereocenters. The third-order valence-electron chi connectivity index (χ3n) is 5.42. The summed E-state index contributed by atoms with van der Waals surface area (Å²) >= 11 is 5.42. The van der Waals surface area contributed by atoms with Crippen LogP contribution in [-0.2, 0) is 9.53 Å². The van der Waals surface area contributed by atoms with Gasteiger partial charge >= 0.3 is 5.97 Å². The summed E-state index contributed by atoms with van der Waals surface area (Å²) in [6.07, 6.45) is 1.16. The maximum absolute atomic E-state index is 13.5. The van der Waals surface area contributed by atoms with E-state index in [-0.39, 0.29) is 35.3 Å². The molecule has 33 heavy (non-hydrogen) atoms. The molecule has 0 radical (unpaired) electrons. The van der Waals surface area contributed by atoms with Crippen LogP contribution in [0.4, 0.5) is 4.39 Å². The first-order chi connectivity index (χ1) is 15.8. The first kappa shape index (κ1) is 24.3. The van der Waals surface area contributed by atoms with Crippen LogP contribution in [0.2, 0.25) is 0 Å². The lowest BCUT2D eigenvalue weighted by Gasteiger charge is -2.26. The molecule has 0 bridgehead atoms. The number of aromatic hydroxyl groups is 1. The number of rotatable bonds is 9. The summed E-state index contributed by atoms with van der Waals surface area (Å²) in [5, 5.41) is 10.3. The highest BCUT2D eigenvalue weighted by molar-refractivity contribution is 7.80. The monoisotopic (exact) mass is 467 g/mol. The summed E-state index contributed by atoms with van der Waals surface area (Å²) in [4.78, 5) is 17.4. The van der Waals surface area contributed by atoms with E-state index in [9.17, 15) is 14.3 Å². The highest BCUT2D eigenvalue weighted by Crippen LogP contribution is 2.32. The highest BCUT2D eigenvalue weighted by Gasteiger charge is 2.28. The van der Waals surface area contributed by atoms with Crippen LogP contribution in [0, 0.1) is 11.7 Å². The quantitative estimate of drug-likeness (QED) is 0.257. The number of esters is 1. The zero-order valence-corrected chi connectivity index (χ0v) is 19.5. The minimum Gasteiger partial charge on any atom is -0.503 e. The van der Waals surface area contributed by atoms with Gasteiger partial charge in [-0.05, 0) is 36.6 Å². The van der Waals surface area contributed by atoms with Gasteiger partial charge < -0.3 is 14.6 Å². The van der Waals surface area contributed by atoms with Gasteiger partial charge in [0.1, 0.15) is 17.6 Å². The van der Waals surface area contributed by atoms with E-state index in [1.165, 1.54) is 31.5 Å². The SMILES string of the molecule is COc1ccnc(C(=S)C[C@@H](C)C(=O)O[C@@H](C)[C@@H](c2ccccc2)c2ccc(F)cc2)c1O. The van der Waals surface area contributed by atoms with E-state index in [2.05, 4.69) is 4.98 Å². The Labute approximate surface area is 198 Å². The van der Waals surface area contributed by atoms with E-state index in [1.807, 2.05) is 37.3 Å². The summed E-state index contributed by atoms with van der Waals surface area (Å²) in [6, 6.07) is 17.4. The van der Waals surface area contributed by atoms with Gasteiger partial charge in [0.05, 0.1) is 13.0 Å². The second-order valence-electron chi connectivity index (χ2n) is 7.82. The molecular weight excluding hydrogens is 441 g/mol. The molecule has 0 fully saturated rings. The lowest BCUT2D eigenvalue weighted by Crippen LogP contribution is -2.27. The van der Waals surface area contributed by atoms with Gasteiger partial charge in [-0.3, -0.25) is 9.78 Å². The molecule has 0 aliphatic rings. The summed E-state index contributed by atoms with van der Waals surface area (Å²) in [5.74, 6) is -1.46. The standard InChI is InChI=1S/C26H26FNO4S/c1-16(15-22(33)24-25(29)21(31-3)13-14-28-24)26(30)32-17(2)23(18-7-5-4-6-8-18)19-9-11-20(27)12-10-19/h4-14,16-17,23,29H,15H2,1-3H3/t16-,17+,23+/m1/s1. The number of thiocarbonyl (C=S) groups is 1. The molecule has 1 heterocycles. The first-order valence-corrected chi connectivity index (χ1v) is 11.0. The molecule has 0 saturated carbocycles. The predicted molar refractivity (Wildman–Crippen MR) is 128 cm³/mol. The molecule has 1 N–H and O–H groups in total. The number of carbonyl (C=O) groups excluding carboxylic acids is 1. The van der Waals surface area contributed by atoms with Gasteiger partial charge in [-0.1, -0.05) is 61.6 Å². The highest BCUT2D eigenvalue weighted by atomic mass is 32.1. The zero-order valence-electron chi connectivity index (χ0n) is 18.7. The molecule has 7 heteroatoms. The Morgan fingerprint density at radius 1 is 1.06 bits per heavy atom. The Bertz CT molecular complexity index is 1110. The van der Waals surface area contributed by atoms with Crippen molar-refractivity contribution in [1.29, 1.82) is 0 Å². The lowest BCUT2D eigenvalue weighted by molar-refractivity contribution is -0.153. The van der Waals surface area contributed by atoms with Crippen LogP contribution < -0.4 is 4.74 Å². The lowest BCUT2D eigenvalue weighted by atomic mass is 9.87. The van der Waals surface area contributed by atoms with Crippen molar-refractivity contribution in [2.75, 3.05) is 7.11 Å². The summed E-state index contributed by atoms with van der Waals surface area (Å²) in [6.45, 7) is 3.54. The fourth-order valence-corrected chi connectivity index (χ4v) is 4.09. The minimum absolute atomic E-state index is 0.153. The third kappa shape index (κ3) is 5.93. The van der Waals surface area contributed by atoms with Crippen molar-refractivity contribution in [3.05, 3.63) is 89.5 Å². The zero-order chi connectivity index (χ0) is 24.0. The second kappa shape index (κ2) is 11.0. The van der Waals surface area contributed by atoms with Gasteiger partial charge in [0.2, 0.25) is 0 Å². The topological polar surface area (TPSA) is 68.7 Å². The fourth-order valence-electron chi connectivity index (χ4n) is 3.70. The Morgan fingerprint density at radius 2 is 1.70 bits per heavy atom. The molecule has 1 aromatic heterocycles. The van der Waals surface area contributed by atoms with Gasteiger partial charge in [-0.15, -0.1) is 0 Å². The third-order valence-corrected chi connectivity index (χ3v) is 5.78. The van der Waals surface area contributed by atoms with Crippen molar-refractivity contribution >= 4 is 23.1 Å². The number of pyridine rings is 1. The predicted octanol–water partition coefficient (Wildman–Crippen LogP) is 5.44. The molecule has 3 atom stereocenters. The molecule has 0 amide bonds. The fraction of sp³-hybridized carbons (Fsp3) is 0.269. The van der Waals surface area contributed by atoms with Gasteiger partial charge in [-0.25, -0.2) is 4.39 Å². The number of ether oxygens (including phenoxy) is 2. The first-order valence-electron chi connectivity index (χ1n) is 10.6. The molecule has 0 aliphatic carbocycles. The Balaban J connectivity index is 1.74. The molecule has 2 aromatic carbocycles. The maximum Gasteiger partial charge on any atom is 0.309 e. The average Bonchev–Trinajstić information content (AvgIpc) is 2.81. The molecular formula is C26H26FNO4S. The summed E-state index contributed by atoms with van der Waals surface area (Å²) in [5.41, 5.74) is 2.01. The van der Waals surface area contributed by atoms with Crippen LogP contribution in [0.3, 0.4) is 0 Å². The Morgan fingerprint density at radius 3 is 2.33 bits per heavy atom. The number of halogens is 1. The Kier molecular flexibility index (Phi) is 8.11. The summed E-state index contributed by atoms with van der Waals surface area (Å²) in [7, 11) is 1.44. The number of carbonyl (C=O) groups is 1. The number of benzene rings is 2. The van der Waals surface area contributed by atoms with Crippen molar-refractivity contribution in [2.24, 2.45) is 5.92 Å². The summed E-state index contributed by atoms with van der Waals surface area (Å²) < 4.78 is 24.4. The number of hydrogen-bond acceptors (Lipinski definition) is 6. The van der Waals surface area contributed by atoms with Crippen molar-refractivity contribution in [3.63, 3.8) is 0 Å². The minimum atomic E-state index is -0.558. The smallest absolute Gasteiger partial charge is 0.309 e. The van der Waals surface area contributed by atoms with Crippen molar-refractivity contribution < 1.29 is 23.8 Å². The largest absolute Gasteiger partial charge is 0.503 e. The van der Waals surface area contributed by atoms with E-state index in [4.69, 9.17) is 21.7 Å². The van der Waals surface area contributed by atoms with E-state index >= 15 is 0 Å².